The molecule has 0 aromatic heterocycles. The number of fused-ring (bicyclic) bond motifs is 2. The van der Waals surface area contributed by atoms with Crippen molar-refractivity contribution in [2.45, 2.75) is 36.9 Å². The summed E-state index contributed by atoms with van der Waals surface area (Å²) in [6.45, 7) is 1.41. The fraction of sp³-hybridized carbons (Fsp3) is 0.310. The first-order valence-corrected chi connectivity index (χ1v) is 12.2. The molecule has 2 unspecified atom stereocenters. The zero-order chi connectivity index (χ0) is 24.8. The van der Waals surface area contributed by atoms with Crippen LogP contribution in [0.25, 0.3) is 0 Å². The SMILES string of the molecule is O=C1OC2(OCc3ccc(F)cc3)C3CCN(CC3)C2(C(c2ccccc2)c2ccccc2)OC1=O. The molecule has 3 aromatic carbocycles. The number of carbonyl (C=O) groups is 2. The monoisotopic (exact) mass is 487 g/mol. The van der Waals surface area contributed by atoms with Crippen molar-refractivity contribution in [1.82, 2.24) is 4.90 Å². The van der Waals surface area contributed by atoms with Gasteiger partial charge in [-0.25, -0.2) is 14.0 Å². The quantitative estimate of drug-likeness (QED) is 0.380. The summed E-state index contributed by atoms with van der Waals surface area (Å²) in [5, 5.41) is 0. The first kappa shape index (κ1) is 22.9. The van der Waals surface area contributed by atoms with E-state index in [2.05, 4.69) is 4.90 Å². The largest absolute Gasteiger partial charge is 0.427 e. The molecular formula is C29H26FNO5. The second kappa shape index (κ2) is 8.84. The summed E-state index contributed by atoms with van der Waals surface area (Å²) < 4.78 is 32.4. The topological polar surface area (TPSA) is 65.1 Å². The molecule has 0 N–H and O–H groups in total. The van der Waals surface area contributed by atoms with Gasteiger partial charge in [0.15, 0.2) is 0 Å². The summed E-state index contributed by atoms with van der Waals surface area (Å²) in [6, 6.07) is 25.6. The van der Waals surface area contributed by atoms with Gasteiger partial charge in [-0.2, -0.15) is 0 Å². The minimum atomic E-state index is -1.54. The molecule has 2 bridgehead atoms. The number of carbonyl (C=O) groups excluding carboxylic acids is 2. The molecule has 0 amide bonds. The molecule has 0 saturated carbocycles. The predicted octanol–water partition coefficient (Wildman–Crippen LogP) is 4.39. The summed E-state index contributed by atoms with van der Waals surface area (Å²) in [5.74, 6) is -4.65. The zero-order valence-electron chi connectivity index (χ0n) is 19.6. The number of ether oxygens (including phenoxy) is 3. The van der Waals surface area contributed by atoms with Gasteiger partial charge in [0.25, 0.3) is 5.79 Å². The van der Waals surface area contributed by atoms with Gasteiger partial charge in [0.2, 0.25) is 5.72 Å². The van der Waals surface area contributed by atoms with Gasteiger partial charge in [0.1, 0.15) is 5.82 Å². The molecule has 6 nitrogen and oxygen atoms in total. The number of rotatable bonds is 6. The number of halogens is 1. The summed E-state index contributed by atoms with van der Waals surface area (Å²) in [4.78, 5) is 27.8. The number of benzene rings is 3. The van der Waals surface area contributed by atoms with E-state index in [1.807, 2.05) is 60.7 Å². The Labute approximate surface area is 208 Å². The van der Waals surface area contributed by atoms with E-state index in [-0.39, 0.29) is 18.3 Å². The van der Waals surface area contributed by atoms with E-state index in [0.29, 0.717) is 13.1 Å². The number of piperidine rings is 3. The van der Waals surface area contributed by atoms with Crippen molar-refractivity contribution < 1.29 is 28.2 Å². The molecule has 2 atom stereocenters. The number of nitrogens with zero attached hydrogens (tertiary/aromatic N) is 1. The van der Waals surface area contributed by atoms with E-state index in [0.717, 1.165) is 29.5 Å². The lowest BCUT2D eigenvalue weighted by molar-refractivity contribution is -0.417. The Morgan fingerprint density at radius 1 is 0.833 bits per heavy atom. The maximum Gasteiger partial charge on any atom is 0.420 e. The molecule has 4 aliphatic heterocycles. The van der Waals surface area contributed by atoms with E-state index in [4.69, 9.17) is 14.2 Å². The number of hydrogen-bond donors (Lipinski definition) is 0. The molecule has 36 heavy (non-hydrogen) atoms. The fourth-order valence-corrected chi connectivity index (χ4v) is 6.16. The second-order valence-electron chi connectivity index (χ2n) is 9.57. The summed E-state index contributed by atoms with van der Waals surface area (Å²) in [7, 11) is 0. The highest BCUT2D eigenvalue weighted by atomic mass is 19.1. The second-order valence-corrected chi connectivity index (χ2v) is 9.57. The Kier molecular flexibility index (Phi) is 5.62. The van der Waals surface area contributed by atoms with Crippen LogP contribution in [-0.4, -0.2) is 41.4 Å². The zero-order valence-corrected chi connectivity index (χ0v) is 19.6. The first-order valence-electron chi connectivity index (χ1n) is 12.2. The maximum absolute atomic E-state index is 13.5. The van der Waals surface area contributed by atoms with E-state index < -0.39 is 29.4 Å². The Bertz CT molecular complexity index is 1220. The highest BCUT2D eigenvalue weighted by molar-refractivity contribution is 6.30. The van der Waals surface area contributed by atoms with Gasteiger partial charge in [0, 0.05) is 19.0 Å². The lowest BCUT2D eigenvalue weighted by atomic mass is 9.66. The Hall–Kier alpha value is -3.55. The maximum atomic E-state index is 13.5. The van der Waals surface area contributed by atoms with Gasteiger partial charge in [-0.3, -0.25) is 4.90 Å². The van der Waals surface area contributed by atoms with E-state index >= 15 is 0 Å². The predicted molar refractivity (Wildman–Crippen MR) is 128 cm³/mol. The highest BCUT2D eigenvalue weighted by Crippen LogP contribution is 2.59. The van der Waals surface area contributed by atoms with Crippen molar-refractivity contribution in [2.24, 2.45) is 5.92 Å². The summed E-state index contributed by atoms with van der Waals surface area (Å²) in [5.41, 5.74) is 1.13. The average molecular weight is 488 g/mol. The average Bonchev–Trinajstić information content (AvgIpc) is 2.92. The molecule has 7 rings (SSSR count). The molecule has 4 heterocycles. The van der Waals surface area contributed by atoms with Gasteiger partial charge in [-0.15, -0.1) is 0 Å². The van der Waals surface area contributed by atoms with Crippen LogP contribution in [0.5, 0.6) is 0 Å². The van der Waals surface area contributed by atoms with Gasteiger partial charge < -0.3 is 14.2 Å². The molecule has 184 valence electrons. The Morgan fingerprint density at radius 2 is 1.39 bits per heavy atom. The van der Waals surface area contributed by atoms with Crippen LogP contribution in [0.2, 0.25) is 0 Å². The third kappa shape index (κ3) is 3.45. The normalized spacial score (nSPS) is 28.9. The molecule has 0 aliphatic carbocycles. The molecule has 3 aromatic rings. The van der Waals surface area contributed by atoms with Gasteiger partial charge in [0.05, 0.1) is 12.5 Å². The highest BCUT2D eigenvalue weighted by Gasteiger charge is 2.76. The number of esters is 2. The van der Waals surface area contributed by atoms with Crippen molar-refractivity contribution in [2.75, 3.05) is 13.1 Å². The lowest BCUT2D eigenvalue weighted by Crippen LogP contribution is -2.82. The summed E-state index contributed by atoms with van der Waals surface area (Å²) >= 11 is 0. The van der Waals surface area contributed by atoms with Crippen LogP contribution in [0.1, 0.15) is 35.4 Å². The molecule has 4 fully saturated rings. The number of hydrogen-bond acceptors (Lipinski definition) is 6. The standard InChI is InChI=1S/C29H26FNO5/c30-24-13-11-20(12-14-24)19-34-29-23-15-17-31(18-16-23)28(29,35-26(32)27(33)36-29)25(21-7-3-1-4-8-21)22-9-5-2-6-10-22/h1-14,23,25H,15-19H2. The Balaban J connectivity index is 1.55. The minimum Gasteiger partial charge on any atom is -0.427 e. The van der Waals surface area contributed by atoms with Crippen LogP contribution >= 0.6 is 0 Å². The molecule has 0 radical (unpaired) electrons. The van der Waals surface area contributed by atoms with Crippen LogP contribution < -0.4 is 0 Å². The molecule has 0 spiro atoms. The van der Waals surface area contributed by atoms with Crippen LogP contribution in [-0.2, 0) is 30.4 Å². The van der Waals surface area contributed by atoms with Crippen molar-refractivity contribution in [3.63, 3.8) is 0 Å². The molecule has 7 heteroatoms. The van der Waals surface area contributed by atoms with Crippen molar-refractivity contribution >= 4 is 11.9 Å². The van der Waals surface area contributed by atoms with Crippen molar-refractivity contribution in [3.8, 4) is 0 Å². The van der Waals surface area contributed by atoms with Crippen LogP contribution in [0.3, 0.4) is 0 Å². The fourth-order valence-electron chi connectivity index (χ4n) is 6.16. The third-order valence-corrected chi connectivity index (χ3v) is 7.68. The van der Waals surface area contributed by atoms with Crippen LogP contribution in [0.15, 0.2) is 84.9 Å². The first-order chi connectivity index (χ1) is 17.5. The van der Waals surface area contributed by atoms with Crippen LogP contribution in [0.4, 0.5) is 4.39 Å². The van der Waals surface area contributed by atoms with E-state index in [1.165, 1.54) is 12.1 Å². The third-order valence-electron chi connectivity index (χ3n) is 7.68. The van der Waals surface area contributed by atoms with Crippen molar-refractivity contribution in [3.05, 3.63) is 107 Å². The van der Waals surface area contributed by atoms with E-state index in [1.54, 1.807) is 12.1 Å². The molecular weight excluding hydrogens is 461 g/mol. The van der Waals surface area contributed by atoms with E-state index in [9.17, 15) is 14.0 Å². The van der Waals surface area contributed by atoms with Gasteiger partial charge in [-0.1, -0.05) is 72.8 Å². The van der Waals surface area contributed by atoms with Gasteiger partial charge >= 0.3 is 11.9 Å². The Morgan fingerprint density at radius 3 is 1.97 bits per heavy atom. The smallest absolute Gasteiger partial charge is 0.420 e. The van der Waals surface area contributed by atoms with Crippen LogP contribution in [0, 0.1) is 11.7 Å². The van der Waals surface area contributed by atoms with Crippen molar-refractivity contribution in [1.29, 1.82) is 0 Å². The lowest BCUT2D eigenvalue weighted by Gasteiger charge is -2.65. The molecule has 4 aliphatic rings. The molecule has 4 saturated heterocycles. The minimum absolute atomic E-state index is 0.0630. The summed E-state index contributed by atoms with van der Waals surface area (Å²) in [6.07, 6.45) is 1.46. The van der Waals surface area contributed by atoms with Gasteiger partial charge in [-0.05, 0) is 41.7 Å².